The lowest BCUT2D eigenvalue weighted by molar-refractivity contribution is -0.277. The summed E-state index contributed by atoms with van der Waals surface area (Å²) in [4.78, 5) is 23.2. The van der Waals surface area contributed by atoms with Gasteiger partial charge in [0.15, 0.2) is 28.7 Å². The van der Waals surface area contributed by atoms with Crippen LogP contribution in [0.2, 0.25) is 0 Å². The molecular weight excluding hydrogens is 444 g/mol. The van der Waals surface area contributed by atoms with Gasteiger partial charge in [-0.3, -0.25) is 4.79 Å². The topological polar surface area (TPSA) is 192 Å². The van der Waals surface area contributed by atoms with Gasteiger partial charge in [-0.25, -0.2) is 4.79 Å². The molecule has 0 radical (unpaired) electrons. The van der Waals surface area contributed by atoms with Crippen LogP contribution in [-0.2, 0) is 9.47 Å². The highest BCUT2D eigenvalue weighted by atomic mass is 16.7. The van der Waals surface area contributed by atoms with Crippen molar-refractivity contribution in [1.29, 1.82) is 0 Å². The van der Waals surface area contributed by atoms with Crippen molar-refractivity contribution in [3.8, 4) is 28.7 Å². The second-order valence-electron chi connectivity index (χ2n) is 7.12. The van der Waals surface area contributed by atoms with Gasteiger partial charge in [0.2, 0.25) is 6.29 Å². The van der Waals surface area contributed by atoms with Crippen LogP contribution in [0.15, 0.2) is 30.3 Å². The van der Waals surface area contributed by atoms with Crippen LogP contribution in [0.25, 0.3) is 0 Å². The number of hydrogen-bond acceptors (Lipinski definition) is 12. The van der Waals surface area contributed by atoms with Crippen LogP contribution in [0.5, 0.6) is 28.7 Å². The van der Waals surface area contributed by atoms with Crippen molar-refractivity contribution in [1.82, 2.24) is 0 Å². The molecular formula is C21H22O12. The Labute approximate surface area is 186 Å². The van der Waals surface area contributed by atoms with Crippen LogP contribution in [0.3, 0.4) is 0 Å². The molecule has 33 heavy (non-hydrogen) atoms. The number of ether oxygens (including phenoxy) is 4. The molecule has 5 atom stereocenters. The fraction of sp³-hybridized carbons (Fsp3) is 0.333. The molecule has 1 fully saturated rings. The largest absolute Gasteiger partial charge is 0.504 e. The highest BCUT2D eigenvalue weighted by Crippen LogP contribution is 2.36. The molecule has 2 aromatic carbocycles. The lowest BCUT2D eigenvalue weighted by Gasteiger charge is -2.40. The standard InChI is InChI=1S/C21H22O12/c1-30-14-4-9(7-22)2-3-13(14)32-21-19(28)18(27)17(26)15(33-21)8-31-20(29)10-5-11(23)16(25)12(24)6-10/h2-7,15,17-19,21,23-28H,8H2,1H3/t15-,17-,18+,19-,21-/m1/s1. The minimum absolute atomic E-state index is 0.0709. The van der Waals surface area contributed by atoms with Crippen molar-refractivity contribution >= 4 is 12.3 Å². The number of hydrogen-bond donors (Lipinski definition) is 6. The summed E-state index contributed by atoms with van der Waals surface area (Å²) in [5.74, 6) is -3.14. The predicted octanol–water partition coefficient (Wildman–Crippen LogP) is -0.332. The monoisotopic (exact) mass is 466 g/mol. The summed E-state index contributed by atoms with van der Waals surface area (Å²) >= 11 is 0. The fourth-order valence-corrected chi connectivity index (χ4v) is 3.09. The molecule has 0 saturated carbocycles. The van der Waals surface area contributed by atoms with Gasteiger partial charge in [-0.05, 0) is 30.3 Å². The maximum absolute atomic E-state index is 12.2. The Bertz CT molecular complexity index is 999. The smallest absolute Gasteiger partial charge is 0.338 e. The van der Waals surface area contributed by atoms with Crippen LogP contribution in [0.4, 0.5) is 0 Å². The summed E-state index contributed by atoms with van der Waals surface area (Å²) in [6.45, 7) is -0.604. The third-order valence-electron chi connectivity index (χ3n) is 4.92. The van der Waals surface area contributed by atoms with Gasteiger partial charge in [-0.2, -0.15) is 0 Å². The van der Waals surface area contributed by atoms with E-state index < -0.39 is 60.5 Å². The van der Waals surface area contributed by atoms with Crippen molar-refractivity contribution in [3.63, 3.8) is 0 Å². The van der Waals surface area contributed by atoms with Gasteiger partial charge < -0.3 is 49.6 Å². The predicted molar refractivity (Wildman–Crippen MR) is 107 cm³/mol. The Morgan fingerprint density at radius 2 is 1.67 bits per heavy atom. The Balaban J connectivity index is 1.72. The number of carbonyl (C=O) groups excluding carboxylic acids is 2. The van der Waals surface area contributed by atoms with E-state index in [-0.39, 0.29) is 17.1 Å². The third kappa shape index (κ3) is 5.09. The van der Waals surface area contributed by atoms with E-state index in [0.29, 0.717) is 11.8 Å². The number of aldehydes is 1. The maximum Gasteiger partial charge on any atom is 0.338 e. The van der Waals surface area contributed by atoms with Gasteiger partial charge in [0.05, 0.1) is 12.7 Å². The number of phenolic OH excluding ortho intramolecular Hbond substituents is 3. The second-order valence-corrected chi connectivity index (χ2v) is 7.12. The first-order chi connectivity index (χ1) is 15.7. The lowest BCUT2D eigenvalue weighted by Crippen LogP contribution is -2.60. The Morgan fingerprint density at radius 3 is 2.27 bits per heavy atom. The highest BCUT2D eigenvalue weighted by Gasteiger charge is 2.45. The van der Waals surface area contributed by atoms with Crippen molar-refractivity contribution in [2.75, 3.05) is 13.7 Å². The molecule has 1 heterocycles. The quantitative estimate of drug-likeness (QED) is 0.177. The van der Waals surface area contributed by atoms with Gasteiger partial charge in [0.1, 0.15) is 37.3 Å². The molecule has 0 spiro atoms. The molecule has 0 amide bonds. The van der Waals surface area contributed by atoms with Crippen molar-refractivity contribution < 1.29 is 59.2 Å². The maximum atomic E-state index is 12.2. The first kappa shape index (κ1) is 24.1. The van der Waals surface area contributed by atoms with E-state index in [1.54, 1.807) is 0 Å². The average Bonchev–Trinajstić information content (AvgIpc) is 2.81. The molecule has 1 aliphatic rings. The molecule has 0 aromatic heterocycles. The van der Waals surface area contributed by atoms with Gasteiger partial charge >= 0.3 is 5.97 Å². The highest BCUT2D eigenvalue weighted by molar-refractivity contribution is 5.91. The lowest BCUT2D eigenvalue weighted by atomic mass is 9.99. The molecule has 0 aliphatic carbocycles. The van der Waals surface area contributed by atoms with Gasteiger partial charge in [-0.1, -0.05) is 0 Å². The Hall–Kier alpha value is -3.58. The summed E-state index contributed by atoms with van der Waals surface area (Å²) < 4.78 is 21.2. The molecule has 2 aromatic rings. The SMILES string of the molecule is COc1cc(C=O)ccc1O[C@@H]1O[C@H](COC(=O)c2cc(O)c(O)c(O)c2)[C@@H](O)[C@H](O)[C@H]1O. The van der Waals surface area contributed by atoms with Crippen molar-refractivity contribution in [2.24, 2.45) is 0 Å². The number of aliphatic hydroxyl groups excluding tert-OH is 3. The van der Waals surface area contributed by atoms with Gasteiger partial charge in [-0.15, -0.1) is 0 Å². The zero-order valence-electron chi connectivity index (χ0n) is 17.2. The van der Waals surface area contributed by atoms with E-state index >= 15 is 0 Å². The molecule has 178 valence electrons. The number of benzene rings is 2. The molecule has 1 aliphatic heterocycles. The Morgan fingerprint density at radius 1 is 1.00 bits per heavy atom. The number of methoxy groups -OCH3 is 1. The Kier molecular flexibility index (Phi) is 7.23. The number of phenols is 3. The van der Waals surface area contributed by atoms with Crippen LogP contribution in [0, 0.1) is 0 Å². The normalized spacial score (nSPS) is 24.7. The first-order valence-electron chi connectivity index (χ1n) is 9.57. The molecule has 1 saturated heterocycles. The van der Waals surface area contributed by atoms with Crippen LogP contribution in [-0.4, -0.2) is 87.3 Å². The second kappa shape index (κ2) is 9.92. The zero-order chi connectivity index (χ0) is 24.3. The van der Waals surface area contributed by atoms with Gasteiger partial charge in [0.25, 0.3) is 0 Å². The van der Waals surface area contributed by atoms with Crippen LogP contribution in [0.1, 0.15) is 20.7 Å². The van der Waals surface area contributed by atoms with Crippen LogP contribution >= 0.6 is 0 Å². The first-order valence-corrected chi connectivity index (χ1v) is 9.57. The van der Waals surface area contributed by atoms with Crippen molar-refractivity contribution in [3.05, 3.63) is 41.5 Å². The molecule has 6 N–H and O–H groups in total. The molecule has 12 heteroatoms. The summed E-state index contributed by atoms with van der Waals surface area (Å²) in [5.41, 5.74) is -0.00246. The number of carbonyl (C=O) groups is 2. The number of aromatic hydroxyl groups is 3. The molecule has 12 nitrogen and oxygen atoms in total. The van der Waals surface area contributed by atoms with E-state index in [1.165, 1.54) is 25.3 Å². The third-order valence-corrected chi connectivity index (χ3v) is 4.92. The zero-order valence-corrected chi connectivity index (χ0v) is 17.2. The van der Waals surface area contributed by atoms with E-state index in [0.717, 1.165) is 12.1 Å². The van der Waals surface area contributed by atoms with E-state index in [4.69, 9.17) is 18.9 Å². The molecule has 0 unspecified atom stereocenters. The van der Waals surface area contributed by atoms with Gasteiger partial charge in [0, 0.05) is 5.56 Å². The van der Waals surface area contributed by atoms with E-state index in [2.05, 4.69) is 0 Å². The molecule has 3 rings (SSSR count). The minimum atomic E-state index is -1.73. The number of rotatable bonds is 7. The van der Waals surface area contributed by atoms with Crippen LogP contribution < -0.4 is 9.47 Å². The summed E-state index contributed by atoms with van der Waals surface area (Å²) in [6.07, 6.45) is -7.32. The average molecular weight is 466 g/mol. The summed E-state index contributed by atoms with van der Waals surface area (Å²) in [7, 11) is 1.33. The molecule has 0 bridgehead atoms. The number of aliphatic hydroxyl groups is 3. The fourth-order valence-electron chi connectivity index (χ4n) is 3.09. The number of esters is 1. The van der Waals surface area contributed by atoms with Crippen molar-refractivity contribution in [2.45, 2.75) is 30.7 Å². The summed E-state index contributed by atoms with van der Waals surface area (Å²) in [6, 6.07) is 5.90. The summed E-state index contributed by atoms with van der Waals surface area (Å²) in [5, 5.41) is 59.0. The minimum Gasteiger partial charge on any atom is -0.504 e. The van der Waals surface area contributed by atoms with E-state index in [1.807, 2.05) is 0 Å². The van der Waals surface area contributed by atoms with E-state index in [9.17, 15) is 40.2 Å².